The number of nitrogens with two attached hydrogens (primary N) is 1. The van der Waals surface area contributed by atoms with E-state index in [2.05, 4.69) is 27.6 Å². The molecule has 0 bridgehead atoms. The van der Waals surface area contributed by atoms with Crippen LogP contribution >= 0.6 is 11.3 Å². The lowest BCUT2D eigenvalue weighted by Crippen LogP contribution is -2.13. The molecule has 1 fully saturated rings. The average molecular weight is 235 g/mol. The number of nitrogens with one attached hydrogen (secondary N) is 2. The van der Waals surface area contributed by atoms with E-state index in [9.17, 15) is 0 Å². The van der Waals surface area contributed by atoms with Gasteiger partial charge in [-0.15, -0.1) is 11.3 Å². The van der Waals surface area contributed by atoms with Gasteiger partial charge in [0.25, 0.3) is 0 Å². The van der Waals surface area contributed by atoms with Gasteiger partial charge in [-0.1, -0.05) is 6.92 Å². The zero-order valence-electron chi connectivity index (χ0n) is 8.90. The molecule has 5 nitrogen and oxygen atoms in total. The maximum absolute atomic E-state index is 5.35. The molecular weight excluding hydrogens is 222 g/mol. The zero-order chi connectivity index (χ0) is 11.1. The fourth-order valence-corrected chi connectivity index (χ4v) is 2.49. The van der Waals surface area contributed by atoms with Gasteiger partial charge in [0.15, 0.2) is 0 Å². The van der Waals surface area contributed by atoms with Crippen LogP contribution in [0.1, 0.15) is 13.3 Å². The van der Waals surface area contributed by atoms with Crippen molar-refractivity contribution in [3.63, 3.8) is 0 Å². The van der Waals surface area contributed by atoms with Gasteiger partial charge in [-0.05, 0) is 23.8 Å². The number of anilines is 2. The molecule has 2 heterocycles. The second-order valence-corrected chi connectivity index (χ2v) is 5.04. The number of nitrogen functional groups attached to an aromatic ring is 1. The van der Waals surface area contributed by atoms with Crippen LogP contribution in [0.4, 0.5) is 11.8 Å². The van der Waals surface area contributed by atoms with E-state index in [0.717, 1.165) is 22.0 Å². The summed E-state index contributed by atoms with van der Waals surface area (Å²) in [5.74, 6) is 7.43. The topological polar surface area (TPSA) is 75.9 Å². The molecule has 1 aliphatic rings. The minimum absolute atomic E-state index is 0.464. The van der Waals surface area contributed by atoms with E-state index in [1.54, 1.807) is 11.3 Å². The second kappa shape index (κ2) is 3.57. The van der Waals surface area contributed by atoms with Crippen LogP contribution < -0.4 is 16.6 Å². The van der Waals surface area contributed by atoms with E-state index < -0.39 is 0 Å². The van der Waals surface area contributed by atoms with Gasteiger partial charge >= 0.3 is 0 Å². The number of rotatable bonds is 3. The van der Waals surface area contributed by atoms with Crippen molar-refractivity contribution in [2.75, 3.05) is 10.7 Å². The molecule has 0 aliphatic heterocycles. The van der Waals surface area contributed by atoms with Crippen molar-refractivity contribution in [2.24, 2.45) is 11.8 Å². The van der Waals surface area contributed by atoms with Gasteiger partial charge in [-0.3, -0.25) is 5.43 Å². The second-order valence-electron chi connectivity index (χ2n) is 4.14. The summed E-state index contributed by atoms with van der Waals surface area (Å²) >= 11 is 1.59. The maximum atomic E-state index is 5.35. The van der Waals surface area contributed by atoms with Gasteiger partial charge in [0.2, 0.25) is 5.95 Å². The van der Waals surface area contributed by atoms with Crippen molar-refractivity contribution in [1.82, 2.24) is 9.97 Å². The average Bonchev–Trinajstić information content (AvgIpc) is 2.81. The number of fused-ring (bicyclic) bond motifs is 1. The molecule has 1 aliphatic carbocycles. The van der Waals surface area contributed by atoms with Crippen LogP contribution in [0.2, 0.25) is 0 Å². The third kappa shape index (κ3) is 1.60. The largest absolute Gasteiger partial charge is 0.366 e. The Morgan fingerprint density at radius 1 is 1.50 bits per heavy atom. The quantitative estimate of drug-likeness (QED) is 0.558. The zero-order valence-corrected chi connectivity index (χ0v) is 9.71. The normalized spacial score (nSPS) is 23.4. The summed E-state index contributed by atoms with van der Waals surface area (Å²) in [6.07, 6.45) is 1.21. The molecular formula is C10H13N5S. The third-order valence-electron chi connectivity index (χ3n) is 2.89. The Kier molecular flexibility index (Phi) is 2.19. The van der Waals surface area contributed by atoms with Crippen LogP contribution in [0.15, 0.2) is 11.4 Å². The first kappa shape index (κ1) is 9.80. The molecule has 6 heteroatoms. The molecule has 16 heavy (non-hydrogen) atoms. The van der Waals surface area contributed by atoms with Crippen molar-refractivity contribution in [3.05, 3.63) is 11.4 Å². The molecule has 3 rings (SSSR count). The fourth-order valence-electron chi connectivity index (χ4n) is 1.73. The van der Waals surface area contributed by atoms with Crippen LogP contribution in [-0.2, 0) is 0 Å². The molecule has 2 atom stereocenters. The summed E-state index contributed by atoms with van der Waals surface area (Å²) in [6, 6.07) is 2.58. The molecule has 0 radical (unpaired) electrons. The Morgan fingerprint density at radius 2 is 2.31 bits per heavy atom. The Balaban J connectivity index is 2.02. The predicted molar refractivity (Wildman–Crippen MR) is 66.4 cm³/mol. The van der Waals surface area contributed by atoms with Crippen molar-refractivity contribution in [1.29, 1.82) is 0 Å². The molecule has 1 saturated carbocycles. The van der Waals surface area contributed by atoms with Crippen LogP contribution in [-0.4, -0.2) is 16.0 Å². The van der Waals surface area contributed by atoms with E-state index in [4.69, 9.17) is 5.84 Å². The first-order chi connectivity index (χ1) is 7.78. The van der Waals surface area contributed by atoms with Gasteiger partial charge in [0.1, 0.15) is 10.6 Å². The lowest BCUT2D eigenvalue weighted by molar-refractivity contribution is 0.924. The Hall–Kier alpha value is -1.40. The number of hydrogen-bond acceptors (Lipinski definition) is 6. The first-order valence-electron chi connectivity index (χ1n) is 5.26. The van der Waals surface area contributed by atoms with E-state index in [0.29, 0.717) is 12.0 Å². The Morgan fingerprint density at radius 3 is 3.00 bits per heavy atom. The smallest absolute Gasteiger partial charge is 0.240 e. The molecule has 84 valence electrons. The van der Waals surface area contributed by atoms with Crippen LogP contribution in [0.25, 0.3) is 10.2 Å². The van der Waals surface area contributed by atoms with Crippen LogP contribution in [0, 0.1) is 5.92 Å². The molecule has 2 unspecified atom stereocenters. The van der Waals surface area contributed by atoms with Gasteiger partial charge < -0.3 is 5.32 Å². The van der Waals surface area contributed by atoms with E-state index in [1.165, 1.54) is 6.42 Å². The van der Waals surface area contributed by atoms with Gasteiger partial charge in [0.05, 0.1) is 5.39 Å². The summed E-state index contributed by atoms with van der Waals surface area (Å²) in [6.45, 7) is 2.23. The molecule has 0 amide bonds. The third-order valence-corrected chi connectivity index (χ3v) is 3.69. The summed E-state index contributed by atoms with van der Waals surface area (Å²) in [5.41, 5.74) is 2.50. The minimum atomic E-state index is 0.464. The van der Waals surface area contributed by atoms with Gasteiger partial charge in [-0.2, -0.15) is 4.98 Å². The van der Waals surface area contributed by atoms with Crippen LogP contribution in [0.3, 0.4) is 0 Å². The standard InChI is InChI=1S/C10H13N5S/c1-5-4-7(5)12-8-6-2-3-16-9(6)14-10(13-8)15-11/h2-3,5,7H,4,11H2,1H3,(H2,12,13,14,15). The van der Waals surface area contributed by atoms with E-state index in [-0.39, 0.29) is 0 Å². The fraction of sp³-hybridized carbons (Fsp3) is 0.400. The highest BCUT2D eigenvalue weighted by molar-refractivity contribution is 7.16. The van der Waals surface area contributed by atoms with Gasteiger partial charge in [-0.25, -0.2) is 10.8 Å². The minimum Gasteiger partial charge on any atom is -0.366 e. The van der Waals surface area contributed by atoms with Crippen molar-refractivity contribution >= 4 is 33.3 Å². The number of thiophene rings is 1. The summed E-state index contributed by atoms with van der Waals surface area (Å²) in [7, 11) is 0. The Labute approximate surface area is 97.1 Å². The molecule has 0 spiro atoms. The van der Waals surface area contributed by atoms with Crippen LogP contribution in [0.5, 0.6) is 0 Å². The molecule has 4 N–H and O–H groups in total. The predicted octanol–water partition coefficient (Wildman–Crippen LogP) is 1.80. The number of hydrazine groups is 1. The first-order valence-corrected chi connectivity index (χ1v) is 6.14. The number of hydrogen-bond donors (Lipinski definition) is 3. The lowest BCUT2D eigenvalue weighted by atomic mass is 10.3. The summed E-state index contributed by atoms with van der Waals surface area (Å²) < 4.78 is 0. The highest BCUT2D eigenvalue weighted by Crippen LogP contribution is 2.35. The molecule has 2 aromatic heterocycles. The van der Waals surface area contributed by atoms with E-state index in [1.807, 2.05) is 11.4 Å². The highest BCUT2D eigenvalue weighted by atomic mass is 32.1. The SMILES string of the molecule is CC1CC1Nc1nc(NN)nc2sccc12. The molecule has 0 saturated heterocycles. The highest BCUT2D eigenvalue weighted by Gasteiger charge is 2.33. The maximum Gasteiger partial charge on any atom is 0.240 e. The molecule has 0 aromatic carbocycles. The van der Waals surface area contributed by atoms with Crippen molar-refractivity contribution in [3.8, 4) is 0 Å². The monoisotopic (exact) mass is 235 g/mol. The Bertz CT molecular complexity index is 523. The van der Waals surface area contributed by atoms with Crippen molar-refractivity contribution in [2.45, 2.75) is 19.4 Å². The van der Waals surface area contributed by atoms with Gasteiger partial charge in [0, 0.05) is 6.04 Å². The molecule has 2 aromatic rings. The lowest BCUT2D eigenvalue weighted by Gasteiger charge is -2.07. The number of aromatic nitrogens is 2. The summed E-state index contributed by atoms with van der Waals surface area (Å²) in [4.78, 5) is 9.60. The number of nitrogens with zero attached hydrogens (tertiary/aromatic N) is 2. The van der Waals surface area contributed by atoms with Crippen molar-refractivity contribution < 1.29 is 0 Å². The summed E-state index contributed by atoms with van der Waals surface area (Å²) in [5, 5.41) is 6.52. The van der Waals surface area contributed by atoms with E-state index >= 15 is 0 Å².